The van der Waals surface area contributed by atoms with Crippen molar-refractivity contribution in [2.75, 3.05) is 0 Å². The first-order valence-electron chi connectivity index (χ1n) is 12.4. The van der Waals surface area contributed by atoms with Crippen molar-refractivity contribution < 1.29 is 0 Å². The lowest BCUT2D eigenvalue weighted by Crippen LogP contribution is -1.83. The Morgan fingerprint density at radius 1 is 0.346 bits per heavy atom. The van der Waals surface area contributed by atoms with Crippen LogP contribution in [-0.2, 0) is 0 Å². The van der Waals surface area contributed by atoms with Crippen molar-refractivity contribution in [2.24, 2.45) is 0 Å². The van der Waals surface area contributed by atoms with Crippen LogP contribution >= 0.6 is 0 Å². The second-order valence-electron chi connectivity index (χ2n) is 8.22. The minimum atomic E-state index is 1.31. The summed E-state index contributed by atoms with van der Waals surface area (Å²) in [6.07, 6.45) is 36.9. The third-order valence-electron chi connectivity index (χ3n) is 5.43. The summed E-state index contributed by atoms with van der Waals surface area (Å²) in [4.78, 5) is 0. The summed E-state index contributed by atoms with van der Waals surface area (Å²) in [5.41, 5.74) is 0. The zero-order chi connectivity index (χ0) is 19.0. The molecule has 155 valence electrons. The van der Waals surface area contributed by atoms with Crippen LogP contribution in [0.2, 0.25) is 0 Å². The lowest BCUT2D eigenvalue weighted by atomic mass is 10.0. The molecule has 0 aliphatic heterocycles. The Morgan fingerprint density at radius 2 is 0.654 bits per heavy atom. The van der Waals surface area contributed by atoms with Gasteiger partial charge in [0, 0.05) is 0 Å². The Morgan fingerprint density at radius 3 is 1.04 bits per heavy atom. The summed E-state index contributed by atoms with van der Waals surface area (Å²) in [5.74, 6) is 0. The van der Waals surface area contributed by atoms with Crippen LogP contribution < -0.4 is 0 Å². The van der Waals surface area contributed by atoms with Gasteiger partial charge in [-0.3, -0.25) is 0 Å². The summed E-state index contributed by atoms with van der Waals surface area (Å²) < 4.78 is 0. The van der Waals surface area contributed by atoms with Crippen LogP contribution in [0.1, 0.15) is 149 Å². The molecule has 0 unspecified atom stereocenters. The van der Waals surface area contributed by atoms with Crippen LogP contribution in [0.3, 0.4) is 0 Å². The summed E-state index contributed by atoms with van der Waals surface area (Å²) in [7, 11) is 0. The third kappa shape index (κ3) is 23.7. The molecule has 0 aliphatic carbocycles. The quantitative estimate of drug-likeness (QED) is 0.132. The van der Waals surface area contributed by atoms with Gasteiger partial charge in [-0.05, 0) is 32.1 Å². The van der Waals surface area contributed by atoms with Gasteiger partial charge in [-0.2, -0.15) is 0 Å². The molecule has 0 nitrogen and oxygen atoms in total. The van der Waals surface area contributed by atoms with Crippen molar-refractivity contribution >= 4 is 0 Å². The first kappa shape index (κ1) is 25.7. The highest BCUT2D eigenvalue weighted by atomic mass is 14.0. The maximum atomic E-state index is 2.55. The molecule has 0 saturated heterocycles. The van der Waals surface area contributed by atoms with Crippen molar-refractivity contribution in [2.45, 2.75) is 149 Å². The number of rotatable bonds is 22. The predicted octanol–water partition coefficient (Wildman–Crippen LogP) is 9.98. The first-order valence-corrected chi connectivity index (χ1v) is 12.4. The molecule has 0 spiro atoms. The Bertz CT molecular complexity index is 253. The van der Waals surface area contributed by atoms with Gasteiger partial charge in [0.2, 0.25) is 0 Å². The van der Waals surface area contributed by atoms with E-state index in [1.165, 1.54) is 135 Å². The van der Waals surface area contributed by atoms with Crippen LogP contribution in [0.25, 0.3) is 0 Å². The van der Waals surface area contributed by atoms with Gasteiger partial charge in [0.1, 0.15) is 0 Å². The van der Waals surface area contributed by atoms with Gasteiger partial charge in [0.25, 0.3) is 0 Å². The van der Waals surface area contributed by atoms with E-state index >= 15 is 0 Å². The maximum Gasteiger partial charge on any atom is -0.0351 e. The Kier molecular flexibility index (Phi) is 24.5. The standard InChI is InChI=1S/C26H51/c1-3-5-7-9-11-13-15-17-19-21-23-25-26-24-22-20-18-16-14-12-10-8-6-4-2/h17-19H,3-16,20-26H2,1-2H3/b19-17-. The van der Waals surface area contributed by atoms with Gasteiger partial charge in [-0.15, -0.1) is 0 Å². The normalized spacial score (nSPS) is 11.6. The molecule has 0 aliphatic rings. The molecule has 0 N–H and O–H groups in total. The van der Waals surface area contributed by atoms with Crippen molar-refractivity contribution in [3.05, 3.63) is 18.6 Å². The Hall–Kier alpha value is -0.260. The first-order chi connectivity index (χ1) is 12.9. The number of unbranched alkanes of at least 4 members (excludes halogenated alkanes) is 20. The average molecular weight is 364 g/mol. The molecule has 0 fully saturated rings. The molecule has 0 heterocycles. The molecule has 0 amide bonds. The molecule has 26 heavy (non-hydrogen) atoms. The fourth-order valence-electron chi connectivity index (χ4n) is 3.57. The van der Waals surface area contributed by atoms with Crippen LogP contribution in [-0.4, -0.2) is 0 Å². The van der Waals surface area contributed by atoms with E-state index in [4.69, 9.17) is 0 Å². The minimum Gasteiger partial charge on any atom is -0.0885 e. The lowest BCUT2D eigenvalue weighted by molar-refractivity contribution is 0.584. The van der Waals surface area contributed by atoms with Crippen LogP contribution in [0.5, 0.6) is 0 Å². The highest BCUT2D eigenvalue weighted by molar-refractivity contribution is 4.81. The van der Waals surface area contributed by atoms with Crippen LogP contribution in [0, 0.1) is 6.42 Å². The van der Waals surface area contributed by atoms with Crippen LogP contribution in [0.15, 0.2) is 12.2 Å². The fraction of sp³-hybridized carbons (Fsp3) is 0.885. The molecular weight excluding hydrogens is 312 g/mol. The molecule has 0 heteroatoms. The Labute approximate surface area is 167 Å². The van der Waals surface area contributed by atoms with E-state index in [2.05, 4.69) is 32.4 Å². The van der Waals surface area contributed by atoms with Gasteiger partial charge >= 0.3 is 0 Å². The largest absolute Gasteiger partial charge is 0.0885 e. The zero-order valence-electron chi connectivity index (χ0n) is 18.6. The monoisotopic (exact) mass is 363 g/mol. The van der Waals surface area contributed by atoms with E-state index < -0.39 is 0 Å². The predicted molar refractivity (Wildman–Crippen MR) is 122 cm³/mol. The molecule has 0 aromatic carbocycles. The fourth-order valence-corrected chi connectivity index (χ4v) is 3.57. The van der Waals surface area contributed by atoms with E-state index in [0.29, 0.717) is 0 Å². The average Bonchev–Trinajstić information content (AvgIpc) is 2.66. The minimum absolute atomic E-state index is 1.31. The highest BCUT2D eigenvalue weighted by Gasteiger charge is 1.94. The second kappa shape index (κ2) is 24.7. The van der Waals surface area contributed by atoms with Gasteiger partial charge in [-0.25, -0.2) is 0 Å². The van der Waals surface area contributed by atoms with Gasteiger partial charge in [0.15, 0.2) is 0 Å². The van der Waals surface area contributed by atoms with Crippen molar-refractivity contribution in [3.8, 4) is 0 Å². The van der Waals surface area contributed by atoms with Gasteiger partial charge in [-0.1, -0.05) is 135 Å². The molecule has 0 bridgehead atoms. The smallest absolute Gasteiger partial charge is 0.0351 e. The molecule has 0 aromatic rings. The maximum absolute atomic E-state index is 2.55. The molecule has 0 aromatic heterocycles. The summed E-state index contributed by atoms with van der Waals surface area (Å²) in [5, 5.41) is 0. The lowest BCUT2D eigenvalue weighted by Gasteiger charge is -2.02. The van der Waals surface area contributed by atoms with E-state index in [1.54, 1.807) is 0 Å². The number of allylic oxidation sites excluding steroid dienone is 2. The van der Waals surface area contributed by atoms with Gasteiger partial charge < -0.3 is 0 Å². The molecule has 0 saturated carbocycles. The number of hydrogen-bond acceptors (Lipinski definition) is 0. The van der Waals surface area contributed by atoms with E-state index in [9.17, 15) is 0 Å². The van der Waals surface area contributed by atoms with E-state index in [-0.39, 0.29) is 0 Å². The topological polar surface area (TPSA) is 0 Å². The number of hydrogen-bond donors (Lipinski definition) is 0. The van der Waals surface area contributed by atoms with Crippen molar-refractivity contribution in [3.63, 3.8) is 0 Å². The van der Waals surface area contributed by atoms with Gasteiger partial charge in [0.05, 0.1) is 0 Å². The molecule has 0 rings (SSSR count). The molecule has 1 radical (unpaired) electrons. The van der Waals surface area contributed by atoms with Crippen molar-refractivity contribution in [1.29, 1.82) is 0 Å². The second-order valence-corrected chi connectivity index (χ2v) is 8.22. The molecular formula is C26H51. The molecule has 0 atom stereocenters. The van der Waals surface area contributed by atoms with E-state index in [1.807, 2.05) is 0 Å². The summed E-state index contributed by atoms with van der Waals surface area (Å²) in [6.45, 7) is 4.58. The van der Waals surface area contributed by atoms with Crippen molar-refractivity contribution in [1.82, 2.24) is 0 Å². The van der Waals surface area contributed by atoms with E-state index in [0.717, 1.165) is 0 Å². The zero-order valence-corrected chi connectivity index (χ0v) is 18.6. The summed E-state index contributed by atoms with van der Waals surface area (Å²) >= 11 is 0. The Balaban J connectivity index is 3.03. The SMILES string of the molecule is CCCCCCCC[CH]CCCCCCC/C=C\CCCCCCCC. The highest BCUT2D eigenvalue weighted by Crippen LogP contribution is 2.13. The summed E-state index contributed by atoms with van der Waals surface area (Å²) in [6, 6.07) is 0. The van der Waals surface area contributed by atoms with Crippen LogP contribution in [0.4, 0.5) is 0 Å². The third-order valence-corrected chi connectivity index (χ3v) is 5.43.